The number of ether oxygens (including phenoxy) is 1. The number of hydrogen-bond donors (Lipinski definition) is 1. The van der Waals surface area contributed by atoms with Crippen molar-refractivity contribution in [3.05, 3.63) is 0 Å². The molecule has 0 aromatic rings. The van der Waals surface area contributed by atoms with Gasteiger partial charge in [0.05, 0.1) is 6.61 Å². The van der Waals surface area contributed by atoms with E-state index in [2.05, 4.69) is 37.9 Å². The van der Waals surface area contributed by atoms with Gasteiger partial charge in [0, 0.05) is 19.2 Å². The van der Waals surface area contributed by atoms with Crippen LogP contribution in [0.15, 0.2) is 0 Å². The van der Waals surface area contributed by atoms with Crippen molar-refractivity contribution in [1.29, 1.82) is 0 Å². The topological polar surface area (TPSA) is 24.5 Å². The summed E-state index contributed by atoms with van der Waals surface area (Å²) in [7, 11) is 1.78. The van der Waals surface area contributed by atoms with E-state index >= 15 is 0 Å². The van der Waals surface area contributed by atoms with Crippen LogP contribution >= 0.6 is 0 Å². The summed E-state index contributed by atoms with van der Waals surface area (Å²) in [6.07, 6.45) is 2.51. The Morgan fingerprint density at radius 1 is 1.25 bits per heavy atom. The van der Waals surface area contributed by atoms with E-state index in [9.17, 15) is 0 Å². The SMILES string of the molecule is CCNC(C)CCCN(CC)C(C)COC. The van der Waals surface area contributed by atoms with E-state index in [4.69, 9.17) is 4.74 Å². The van der Waals surface area contributed by atoms with Gasteiger partial charge >= 0.3 is 0 Å². The average molecular weight is 230 g/mol. The Morgan fingerprint density at radius 3 is 2.44 bits per heavy atom. The Balaban J connectivity index is 3.69. The first-order valence-corrected chi connectivity index (χ1v) is 6.62. The molecule has 0 aliphatic heterocycles. The lowest BCUT2D eigenvalue weighted by Gasteiger charge is -2.27. The lowest BCUT2D eigenvalue weighted by atomic mass is 10.1. The van der Waals surface area contributed by atoms with E-state index in [1.165, 1.54) is 19.4 Å². The van der Waals surface area contributed by atoms with Gasteiger partial charge in [-0.25, -0.2) is 0 Å². The predicted octanol–water partition coefficient (Wildman–Crippen LogP) is 2.12. The van der Waals surface area contributed by atoms with Crippen LogP contribution in [0.4, 0.5) is 0 Å². The van der Waals surface area contributed by atoms with Crippen LogP contribution in [0.2, 0.25) is 0 Å². The quantitative estimate of drug-likeness (QED) is 0.622. The molecule has 0 bridgehead atoms. The van der Waals surface area contributed by atoms with Gasteiger partial charge in [-0.05, 0) is 46.3 Å². The van der Waals surface area contributed by atoms with E-state index in [1.807, 2.05) is 0 Å². The summed E-state index contributed by atoms with van der Waals surface area (Å²) in [6.45, 7) is 13.1. The molecule has 0 heterocycles. The summed E-state index contributed by atoms with van der Waals surface area (Å²) in [6, 6.07) is 1.17. The highest BCUT2D eigenvalue weighted by Gasteiger charge is 2.11. The number of rotatable bonds is 10. The van der Waals surface area contributed by atoms with E-state index in [1.54, 1.807) is 7.11 Å². The van der Waals surface area contributed by atoms with Gasteiger partial charge < -0.3 is 10.1 Å². The second-order valence-electron chi connectivity index (χ2n) is 4.53. The van der Waals surface area contributed by atoms with Crippen molar-refractivity contribution in [1.82, 2.24) is 10.2 Å². The molecule has 0 amide bonds. The predicted molar refractivity (Wildman–Crippen MR) is 71.0 cm³/mol. The van der Waals surface area contributed by atoms with Crippen molar-refractivity contribution < 1.29 is 4.74 Å². The second kappa shape index (κ2) is 10.1. The van der Waals surface area contributed by atoms with Crippen LogP contribution in [0.3, 0.4) is 0 Å². The van der Waals surface area contributed by atoms with Crippen molar-refractivity contribution in [2.45, 2.75) is 52.6 Å². The first kappa shape index (κ1) is 15.9. The molecule has 0 saturated heterocycles. The van der Waals surface area contributed by atoms with Crippen LogP contribution in [0.5, 0.6) is 0 Å². The zero-order valence-electron chi connectivity index (χ0n) is 11.8. The third-order valence-electron chi connectivity index (χ3n) is 3.07. The zero-order chi connectivity index (χ0) is 12.4. The van der Waals surface area contributed by atoms with Gasteiger partial charge in [0.1, 0.15) is 0 Å². The Morgan fingerprint density at radius 2 is 1.94 bits per heavy atom. The molecule has 16 heavy (non-hydrogen) atoms. The molecule has 3 nitrogen and oxygen atoms in total. The normalized spacial score (nSPS) is 15.4. The van der Waals surface area contributed by atoms with Gasteiger partial charge in [0.15, 0.2) is 0 Å². The summed E-state index contributed by atoms with van der Waals surface area (Å²) < 4.78 is 5.20. The fourth-order valence-corrected chi connectivity index (χ4v) is 2.09. The number of hydrogen-bond acceptors (Lipinski definition) is 3. The maximum Gasteiger partial charge on any atom is 0.0615 e. The van der Waals surface area contributed by atoms with Crippen LogP contribution < -0.4 is 5.32 Å². The Hall–Kier alpha value is -0.120. The molecule has 0 rings (SSSR count). The van der Waals surface area contributed by atoms with E-state index in [0.717, 1.165) is 19.7 Å². The number of likely N-dealkylation sites (N-methyl/N-ethyl adjacent to an activating group) is 1. The van der Waals surface area contributed by atoms with Gasteiger partial charge in [-0.3, -0.25) is 4.90 Å². The lowest BCUT2D eigenvalue weighted by Crippen LogP contribution is -2.37. The average Bonchev–Trinajstić information content (AvgIpc) is 2.25. The third kappa shape index (κ3) is 7.20. The smallest absolute Gasteiger partial charge is 0.0615 e. The minimum Gasteiger partial charge on any atom is -0.383 e. The highest BCUT2D eigenvalue weighted by Crippen LogP contribution is 2.04. The molecule has 0 saturated carbocycles. The van der Waals surface area contributed by atoms with Crippen LogP contribution in [0.1, 0.15) is 40.5 Å². The molecule has 0 aromatic carbocycles. The van der Waals surface area contributed by atoms with Crippen molar-refractivity contribution in [2.75, 3.05) is 33.4 Å². The standard InChI is InChI=1S/C13H30N2O/c1-6-14-12(3)9-8-10-15(7-2)13(4)11-16-5/h12-14H,6-11H2,1-5H3. The third-order valence-corrected chi connectivity index (χ3v) is 3.07. The van der Waals surface area contributed by atoms with Gasteiger partial charge in [-0.1, -0.05) is 13.8 Å². The van der Waals surface area contributed by atoms with Crippen LogP contribution in [-0.2, 0) is 4.74 Å². The molecule has 1 N–H and O–H groups in total. The molecule has 2 atom stereocenters. The maximum atomic E-state index is 5.20. The summed E-state index contributed by atoms with van der Waals surface area (Å²) in [5.41, 5.74) is 0. The summed E-state index contributed by atoms with van der Waals surface area (Å²) in [5, 5.41) is 3.45. The fraction of sp³-hybridized carbons (Fsp3) is 1.00. The minimum absolute atomic E-state index is 0.532. The van der Waals surface area contributed by atoms with Crippen molar-refractivity contribution >= 4 is 0 Å². The van der Waals surface area contributed by atoms with Crippen molar-refractivity contribution in [3.8, 4) is 0 Å². The van der Waals surface area contributed by atoms with Crippen molar-refractivity contribution in [2.24, 2.45) is 0 Å². The number of nitrogens with one attached hydrogen (secondary N) is 1. The first-order valence-electron chi connectivity index (χ1n) is 6.62. The molecule has 0 radical (unpaired) electrons. The summed E-state index contributed by atoms with van der Waals surface area (Å²) >= 11 is 0. The zero-order valence-corrected chi connectivity index (χ0v) is 11.8. The maximum absolute atomic E-state index is 5.20. The first-order chi connectivity index (χ1) is 7.65. The Labute approximate surface area is 102 Å². The van der Waals surface area contributed by atoms with Crippen LogP contribution in [0, 0.1) is 0 Å². The number of nitrogens with zero attached hydrogens (tertiary/aromatic N) is 1. The molecule has 0 aliphatic rings. The molecule has 98 valence electrons. The van der Waals surface area contributed by atoms with Crippen molar-refractivity contribution in [3.63, 3.8) is 0 Å². The molecular formula is C13H30N2O. The van der Waals surface area contributed by atoms with Gasteiger partial charge in [0.2, 0.25) is 0 Å². The van der Waals surface area contributed by atoms with Gasteiger partial charge in [-0.15, -0.1) is 0 Å². The molecule has 2 unspecified atom stereocenters. The van der Waals surface area contributed by atoms with Crippen LogP contribution in [0.25, 0.3) is 0 Å². The highest BCUT2D eigenvalue weighted by molar-refractivity contribution is 4.67. The summed E-state index contributed by atoms with van der Waals surface area (Å²) in [5.74, 6) is 0. The molecule has 0 spiro atoms. The molecular weight excluding hydrogens is 200 g/mol. The van der Waals surface area contributed by atoms with E-state index < -0.39 is 0 Å². The van der Waals surface area contributed by atoms with Gasteiger partial charge in [0.25, 0.3) is 0 Å². The number of methoxy groups -OCH3 is 1. The Kier molecular flexibility index (Phi) is 9.99. The molecule has 0 aromatic heterocycles. The molecule has 0 aliphatic carbocycles. The second-order valence-corrected chi connectivity index (χ2v) is 4.53. The fourth-order valence-electron chi connectivity index (χ4n) is 2.09. The Bertz CT molecular complexity index is 153. The van der Waals surface area contributed by atoms with E-state index in [0.29, 0.717) is 12.1 Å². The lowest BCUT2D eigenvalue weighted by molar-refractivity contribution is 0.101. The largest absolute Gasteiger partial charge is 0.383 e. The van der Waals surface area contributed by atoms with Gasteiger partial charge in [-0.2, -0.15) is 0 Å². The minimum atomic E-state index is 0.532. The molecule has 0 fully saturated rings. The van der Waals surface area contributed by atoms with E-state index in [-0.39, 0.29) is 0 Å². The molecule has 3 heteroatoms. The van der Waals surface area contributed by atoms with Crippen LogP contribution in [-0.4, -0.2) is 50.3 Å². The highest BCUT2D eigenvalue weighted by atomic mass is 16.5. The summed E-state index contributed by atoms with van der Waals surface area (Å²) in [4.78, 5) is 2.49. The monoisotopic (exact) mass is 230 g/mol.